The molecular formula is C14H15ClN4O2. The molecular weight excluding hydrogens is 292 g/mol. The van der Waals surface area contributed by atoms with Crippen molar-refractivity contribution in [3.05, 3.63) is 41.3 Å². The highest BCUT2D eigenvalue weighted by Crippen LogP contribution is 2.32. The van der Waals surface area contributed by atoms with E-state index in [2.05, 4.69) is 15.3 Å². The molecule has 0 aliphatic heterocycles. The summed E-state index contributed by atoms with van der Waals surface area (Å²) in [4.78, 5) is 22.2. The third-order valence-corrected chi connectivity index (χ3v) is 3.15. The van der Waals surface area contributed by atoms with Crippen LogP contribution in [0.1, 0.15) is 10.4 Å². The summed E-state index contributed by atoms with van der Waals surface area (Å²) in [6.07, 6.45) is 4.55. The van der Waals surface area contributed by atoms with E-state index >= 15 is 0 Å². The summed E-state index contributed by atoms with van der Waals surface area (Å²) in [5.74, 6) is -0.0444. The van der Waals surface area contributed by atoms with Gasteiger partial charge in [-0.15, -0.1) is 0 Å². The van der Waals surface area contributed by atoms with Crippen LogP contribution in [0.5, 0.6) is 5.88 Å². The van der Waals surface area contributed by atoms with Gasteiger partial charge in [-0.3, -0.25) is 9.78 Å². The molecule has 0 aliphatic rings. The normalized spacial score (nSPS) is 10.1. The van der Waals surface area contributed by atoms with Gasteiger partial charge in [0.2, 0.25) is 5.88 Å². The zero-order valence-electron chi connectivity index (χ0n) is 11.9. The second-order valence-electron chi connectivity index (χ2n) is 4.42. The number of hydrogen-bond acceptors (Lipinski definition) is 5. The Morgan fingerprint density at radius 1 is 1.33 bits per heavy atom. The maximum absolute atomic E-state index is 12.3. The number of rotatable bonds is 4. The number of anilines is 2. The van der Waals surface area contributed by atoms with E-state index in [4.69, 9.17) is 16.3 Å². The number of halogens is 1. The van der Waals surface area contributed by atoms with Crippen molar-refractivity contribution < 1.29 is 9.53 Å². The average Bonchev–Trinajstić information content (AvgIpc) is 2.47. The van der Waals surface area contributed by atoms with Gasteiger partial charge in [0.1, 0.15) is 5.69 Å². The predicted octanol–water partition coefficient (Wildman–Crippen LogP) is 2.46. The molecule has 0 radical (unpaired) electrons. The summed E-state index contributed by atoms with van der Waals surface area (Å²) in [5, 5.41) is 3.11. The smallest absolute Gasteiger partial charge is 0.258 e. The van der Waals surface area contributed by atoms with E-state index in [-0.39, 0.29) is 11.5 Å². The Kier molecular flexibility index (Phi) is 4.59. The Morgan fingerprint density at radius 2 is 2.10 bits per heavy atom. The van der Waals surface area contributed by atoms with E-state index in [1.54, 1.807) is 18.3 Å². The van der Waals surface area contributed by atoms with Gasteiger partial charge in [-0.25, -0.2) is 4.98 Å². The molecule has 2 aromatic rings. The number of methoxy groups -OCH3 is 1. The predicted molar refractivity (Wildman–Crippen MR) is 82.3 cm³/mol. The topological polar surface area (TPSA) is 67.3 Å². The number of ether oxygens (including phenoxy) is 1. The number of nitrogens with zero attached hydrogens (tertiary/aromatic N) is 3. The molecule has 6 nitrogen and oxygen atoms in total. The third-order valence-electron chi connectivity index (χ3n) is 2.82. The van der Waals surface area contributed by atoms with Crippen molar-refractivity contribution in [3.63, 3.8) is 0 Å². The third kappa shape index (κ3) is 3.22. The number of carbonyl (C=O) groups is 1. The molecule has 7 heteroatoms. The Hall–Kier alpha value is -2.34. The van der Waals surface area contributed by atoms with Crippen molar-refractivity contribution in [3.8, 4) is 5.88 Å². The number of nitrogens with one attached hydrogen (secondary N) is 1. The first-order valence-corrected chi connectivity index (χ1v) is 6.53. The van der Waals surface area contributed by atoms with Crippen molar-refractivity contribution in [1.29, 1.82) is 0 Å². The molecule has 2 heterocycles. The first-order chi connectivity index (χ1) is 10.0. The zero-order chi connectivity index (χ0) is 15.4. The quantitative estimate of drug-likeness (QED) is 0.940. The fraction of sp³-hybridized carbons (Fsp3) is 0.214. The maximum atomic E-state index is 12.3. The molecule has 1 N–H and O–H groups in total. The first kappa shape index (κ1) is 15.1. The fourth-order valence-corrected chi connectivity index (χ4v) is 1.99. The summed E-state index contributed by atoms with van der Waals surface area (Å²) in [6.45, 7) is 0. The number of aromatic nitrogens is 2. The maximum Gasteiger partial charge on any atom is 0.258 e. The van der Waals surface area contributed by atoms with Crippen molar-refractivity contribution in [1.82, 2.24) is 9.97 Å². The highest BCUT2D eigenvalue weighted by molar-refractivity contribution is 6.34. The lowest BCUT2D eigenvalue weighted by atomic mass is 10.2. The minimum absolute atomic E-state index is 0.287. The standard InChI is InChI=1S/C14H15ClN4O2/c1-19(2)11-5-7-17-14(21-3)12(11)18-13(20)9-8-16-6-4-10(9)15/h4-8H,1-3H3,(H,18,20). The van der Waals surface area contributed by atoms with E-state index in [1.807, 2.05) is 19.0 Å². The van der Waals surface area contributed by atoms with Crippen LogP contribution in [-0.4, -0.2) is 37.1 Å². The lowest BCUT2D eigenvalue weighted by molar-refractivity contribution is 0.102. The average molecular weight is 307 g/mol. The molecule has 0 spiro atoms. The molecule has 0 unspecified atom stereocenters. The van der Waals surface area contributed by atoms with Gasteiger partial charge in [0, 0.05) is 32.7 Å². The highest BCUT2D eigenvalue weighted by atomic mass is 35.5. The van der Waals surface area contributed by atoms with E-state index in [0.29, 0.717) is 16.6 Å². The summed E-state index contributed by atoms with van der Waals surface area (Å²) >= 11 is 6.00. The van der Waals surface area contributed by atoms with Gasteiger partial charge in [0.15, 0.2) is 0 Å². The molecule has 110 valence electrons. The van der Waals surface area contributed by atoms with Crippen molar-refractivity contribution >= 4 is 28.9 Å². The highest BCUT2D eigenvalue weighted by Gasteiger charge is 2.17. The van der Waals surface area contributed by atoms with Crippen LogP contribution in [0.25, 0.3) is 0 Å². The molecule has 0 saturated heterocycles. The molecule has 0 saturated carbocycles. The Labute approximate surface area is 127 Å². The lowest BCUT2D eigenvalue weighted by Crippen LogP contribution is -2.18. The van der Waals surface area contributed by atoms with Crippen LogP contribution >= 0.6 is 11.6 Å². The molecule has 21 heavy (non-hydrogen) atoms. The Bertz CT molecular complexity index is 661. The van der Waals surface area contributed by atoms with E-state index in [1.165, 1.54) is 19.5 Å². The minimum atomic E-state index is -0.373. The summed E-state index contributed by atoms with van der Waals surface area (Å²) < 4.78 is 5.20. The fourth-order valence-electron chi connectivity index (χ4n) is 1.80. The Balaban J connectivity index is 2.39. The van der Waals surface area contributed by atoms with Crippen LogP contribution in [-0.2, 0) is 0 Å². The monoisotopic (exact) mass is 306 g/mol. The van der Waals surface area contributed by atoms with E-state index in [0.717, 1.165) is 5.69 Å². The summed E-state index contributed by atoms with van der Waals surface area (Å²) in [5.41, 5.74) is 1.54. The van der Waals surface area contributed by atoms with Crippen LogP contribution in [0.2, 0.25) is 5.02 Å². The van der Waals surface area contributed by atoms with E-state index < -0.39 is 0 Å². The van der Waals surface area contributed by atoms with Gasteiger partial charge in [-0.2, -0.15) is 0 Å². The van der Waals surface area contributed by atoms with Crippen molar-refractivity contribution in [2.75, 3.05) is 31.4 Å². The van der Waals surface area contributed by atoms with Gasteiger partial charge >= 0.3 is 0 Å². The van der Waals surface area contributed by atoms with Gasteiger partial charge in [-0.1, -0.05) is 11.6 Å². The van der Waals surface area contributed by atoms with Crippen LogP contribution in [0.15, 0.2) is 30.7 Å². The Morgan fingerprint density at radius 3 is 2.71 bits per heavy atom. The van der Waals surface area contributed by atoms with Crippen LogP contribution in [0, 0.1) is 0 Å². The summed E-state index contributed by atoms with van der Waals surface area (Å²) in [7, 11) is 5.22. The van der Waals surface area contributed by atoms with Crippen LogP contribution in [0.3, 0.4) is 0 Å². The summed E-state index contributed by atoms with van der Waals surface area (Å²) in [6, 6.07) is 3.34. The van der Waals surface area contributed by atoms with Gasteiger partial charge in [0.25, 0.3) is 5.91 Å². The van der Waals surface area contributed by atoms with Crippen molar-refractivity contribution in [2.45, 2.75) is 0 Å². The van der Waals surface area contributed by atoms with Crippen molar-refractivity contribution in [2.24, 2.45) is 0 Å². The number of amides is 1. The van der Waals surface area contributed by atoms with Crippen LogP contribution < -0.4 is 15.0 Å². The van der Waals surface area contributed by atoms with E-state index in [9.17, 15) is 4.79 Å². The second-order valence-corrected chi connectivity index (χ2v) is 4.83. The molecule has 1 amide bonds. The van der Waals surface area contributed by atoms with Gasteiger partial charge in [-0.05, 0) is 12.1 Å². The lowest BCUT2D eigenvalue weighted by Gasteiger charge is -2.19. The second kappa shape index (κ2) is 6.41. The van der Waals surface area contributed by atoms with Gasteiger partial charge in [0.05, 0.1) is 23.4 Å². The molecule has 0 bridgehead atoms. The zero-order valence-corrected chi connectivity index (χ0v) is 12.7. The molecule has 2 aromatic heterocycles. The minimum Gasteiger partial charge on any atom is -0.479 e. The molecule has 2 rings (SSSR count). The van der Waals surface area contributed by atoms with Crippen LogP contribution in [0.4, 0.5) is 11.4 Å². The molecule has 0 aliphatic carbocycles. The largest absolute Gasteiger partial charge is 0.479 e. The molecule has 0 fully saturated rings. The first-order valence-electron chi connectivity index (χ1n) is 6.15. The number of carbonyl (C=O) groups excluding carboxylic acids is 1. The molecule has 0 atom stereocenters. The van der Waals surface area contributed by atoms with Gasteiger partial charge < -0.3 is 15.0 Å². The SMILES string of the molecule is COc1nccc(N(C)C)c1NC(=O)c1cnccc1Cl. The molecule has 0 aromatic carbocycles. The number of pyridine rings is 2. The number of hydrogen-bond donors (Lipinski definition) is 1.